The summed E-state index contributed by atoms with van der Waals surface area (Å²) in [4.78, 5) is 41.9. The monoisotopic (exact) mass is 608 g/mol. The molecule has 0 radical (unpaired) electrons. The van der Waals surface area contributed by atoms with Gasteiger partial charge in [-0.25, -0.2) is 4.98 Å². The molecule has 230 valence electrons. The molecule has 1 aliphatic carbocycles. The van der Waals surface area contributed by atoms with Crippen LogP contribution in [-0.2, 0) is 22.4 Å². The lowest BCUT2D eigenvalue weighted by atomic mass is 9.95. The number of benzene rings is 1. The molecule has 1 atom stereocenters. The van der Waals surface area contributed by atoms with E-state index in [1.165, 1.54) is 6.92 Å². The van der Waals surface area contributed by atoms with Crippen molar-refractivity contribution in [2.24, 2.45) is 0 Å². The molecule has 11 heteroatoms. The molecule has 0 saturated carbocycles. The lowest BCUT2D eigenvalue weighted by molar-refractivity contribution is -0.121. The molecule has 0 bridgehead atoms. The minimum Gasteiger partial charge on any atom is -0.493 e. The number of aromatic nitrogens is 1. The van der Waals surface area contributed by atoms with Gasteiger partial charge in [0.05, 0.1) is 38.1 Å². The van der Waals surface area contributed by atoms with Crippen LogP contribution < -0.4 is 35.6 Å². The Balaban J connectivity index is 1.47. The second kappa shape index (κ2) is 15.4. The molecule has 0 unspecified atom stereocenters. The number of amides is 2. The second-order valence-electron chi connectivity index (χ2n) is 10.4. The zero-order valence-corrected chi connectivity index (χ0v) is 26.0. The first-order valence-electron chi connectivity index (χ1n) is 14.5. The number of hydrogen-bond donors (Lipinski definition) is 3. The fourth-order valence-corrected chi connectivity index (χ4v) is 6.06. The van der Waals surface area contributed by atoms with Gasteiger partial charge >= 0.3 is 0 Å². The topological polar surface area (TPSA) is 128 Å². The van der Waals surface area contributed by atoms with Crippen LogP contribution in [0, 0.1) is 0 Å². The van der Waals surface area contributed by atoms with Gasteiger partial charge in [-0.05, 0) is 60.6 Å². The van der Waals surface area contributed by atoms with Crippen molar-refractivity contribution in [1.29, 1.82) is 0 Å². The summed E-state index contributed by atoms with van der Waals surface area (Å²) < 4.78 is 17.1. The summed E-state index contributed by atoms with van der Waals surface area (Å²) >= 11 is 1.59. The molecule has 10 nitrogen and oxygen atoms in total. The number of ether oxygens (including phenoxy) is 3. The van der Waals surface area contributed by atoms with Crippen LogP contribution in [0.1, 0.15) is 61.2 Å². The molecule has 0 aliphatic heterocycles. The number of carbonyl (C=O) groups is 2. The third-order valence-corrected chi connectivity index (χ3v) is 8.30. The Kier molecular flexibility index (Phi) is 11.4. The minimum absolute atomic E-state index is 0.0432. The van der Waals surface area contributed by atoms with Crippen molar-refractivity contribution < 1.29 is 23.8 Å². The molecule has 4 rings (SSSR count). The Morgan fingerprint density at radius 3 is 2.53 bits per heavy atom. The summed E-state index contributed by atoms with van der Waals surface area (Å²) in [6.07, 6.45) is 6.66. The first-order chi connectivity index (χ1) is 20.9. The van der Waals surface area contributed by atoms with E-state index in [0.717, 1.165) is 52.9 Å². The van der Waals surface area contributed by atoms with Crippen molar-refractivity contribution >= 4 is 28.8 Å². The van der Waals surface area contributed by atoms with E-state index in [9.17, 15) is 14.4 Å². The van der Waals surface area contributed by atoms with Gasteiger partial charge < -0.3 is 30.2 Å². The molecular formula is C32H40N4O6S. The number of thiazole rings is 1. The third kappa shape index (κ3) is 8.04. The maximum absolute atomic E-state index is 13.4. The molecule has 1 aromatic heterocycles. The summed E-state index contributed by atoms with van der Waals surface area (Å²) in [6, 6.07) is 6.87. The van der Waals surface area contributed by atoms with Crippen LogP contribution in [0.15, 0.2) is 40.6 Å². The molecule has 0 spiro atoms. The molecule has 0 saturated heterocycles. The highest BCUT2D eigenvalue weighted by Crippen LogP contribution is 2.50. The van der Waals surface area contributed by atoms with Crippen molar-refractivity contribution in [3.63, 3.8) is 0 Å². The molecule has 3 aromatic rings. The summed E-state index contributed by atoms with van der Waals surface area (Å²) in [5.74, 6) is 1.41. The van der Waals surface area contributed by atoms with Crippen LogP contribution in [0.3, 0.4) is 0 Å². The highest BCUT2D eigenvalue weighted by atomic mass is 32.1. The van der Waals surface area contributed by atoms with E-state index in [1.54, 1.807) is 51.0 Å². The van der Waals surface area contributed by atoms with Crippen molar-refractivity contribution in [2.75, 3.05) is 39.7 Å². The lowest BCUT2D eigenvalue weighted by Crippen LogP contribution is -2.26. The van der Waals surface area contributed by atoms with Crippen molar-refractivity contribution in [3.8, 4) is 28.4 Å². The molecule has 2 amide bonds. The number of nitrogens with zero attached hydrogens (tertiary/aromatic N) is 1. The maximum atomic E-state index is 13.4. The van der Waals surface area contributed by atoms with E-state index in [-0.39, 0.29) is 23.3 Å². The fourth-order valence-electron chi connectivity index (χ4n) is 5.44. The van der Waals surface area contributed by atoms with Crippen LogP contribution >= 0.6 is 11.3 Å². The fraction of sp³-hybridized carbons (Fsp3) is 0.438. The van der Waals surface area contributed by atoms with Crippen molar-refractivity contribution in [3.05, 3.63) is 62.2 Å². The van der Waals surface area contributed by atoms with Gasteiger partial charge in [-0.15, -0.1) is 11.3 Å². The van der Waals surface area contributed by atoms with Gasteiger partial charge in [-0.3, -0.25) is 14.4 Å². The van der Waals surface area contributed by atoms with Gasteiger partial charge in [0.15, 0.2) is 11.5 Å². The predicted molar refractivity (Wildman–Crippen MR) is 168 cm³/mol. The van der Waals surface area contributed by atoms with Crippen molar-refractivity contribution in [2.45, 2.75) is 57.9 Å². The zero-order chi connectivity index (χ0) is 30.8. The number of unbranched alkanes of at least 4 members (excludes halogenated alkanes) is 2. The van der Waals surface area contributed by atoms with Crippen LogP contribution in [0.2, 0.25) is 0 Å². The highest BCUT2D eigenvalue weighted by Gasteiger charge is 2.29. The normalized spacial score (nSPS) is 13.6. The number of nitrogens with one attached hydrogen (secondary N) is 3. The summed E-state index contributed by atoms with van der Waals surface area (Å²) in [5, 5.41) is 12.2. The Morgan fingerprint density at radius 2 is 1.84 bits per heavy atom. The number of fused-ring (bicyclic) bond motifs is 3. The second-order valence-corrected chi connectivity index (χ2v) is 11.3. The largest absolute Gasteiger partial charge is 0.493 e. The molecule has 3 N–H and O–H groups in total. The molecule has 1 aliphatic rings. The average molecular weight is 609 g/mol. The van der Waals surface area contributed by atoms with Gasteiger partial charge in [0, 0.05) is 50.0 Å². The smallest absolute Gasteiger partial charge is 0.220 e. The first-order valence-corrected chi connectivity index (χ1v) is 15.4. The number of methoxy groups -OCH3 is 3. The van der Waals surface area contributed by atoms with Crippen LogP contribution in [0.4, 0.5) is 5.69 Å². The third-order valence-electron chi connectivity index (χ3n) is 7.46. The summed E-state index contributed by atoms with van der Waals surface area (Å²) in [5.41, 5.74) is 3.60. The maximum Gasteiger partial charge on any atom is 0.220 e. The van der Waals surface area contributed by atoms with Gasteiger partial charge in [0.1, 0.15) is 0 Å². The summed E-state index contributed by atoms with van der Waals surface area (Å²) in [7, 11) is 4.72. The van der Waals surface area contributed by atoms with Gasteiger partial charge in [-0.1, -0.05) is 12.5 Å². The lowest BCUT2D eigenvalue weighted by Gasteiger charge is -2.19. The highest BCUT2D eigenvalue weighted by molar-refractivity contribution is 7.09. The SMILES string of the molecule is COc1cc2c(c(OC)c1OC)-c1ccc(NCCCCCC(=O)NCCc3nccs3)c(=O)cc1[C@H](NC(C)=O)CC2. The number of aryl methyl sites for hydroxylation is 1. The van der Waals surface area contributed by atoms with Crippen LogP contribution in [0.25, 0.3) is 11.1 Å². The van der Waals surface area contributed by atoms with E-state index in [0.29, 0.717) is 55.3 Å². The van der Waals surface area contributed by atoms with E-state index < -0.39 is 0 Å². The van der Waals surface area contributed by atoms with E-state index in [2.05, 4.69) is 20.9 Å². The Morgan fingerprint density at radius 1 is 1.02 bits per heavy atom. The minimum atomic E-state index is -0.359. The van der Waals surface area contributed by atoms with E-state index >= 15 is 0 Å². The zero-order valence-electron chi connectivity index (χ0n) is 25.2. The van der Waals surface area contributed by atoms with Crippen LogP contribution in [0.5, 0.6) is 17.2 Å². The number of hydrogen-bond acceptors (Lipinski definition) is 9. The van der Waals surface area contributed by atoms with Gasteiger partial charge in [-0.2, -0.15) is 0 Å². The molecule has 43 heavy (non-hydrogen) atoms. The Hall–Kier alpha value is -4.12. The quantitative estimate of drug-likeness (QED) is 0.226. The summed E-state index contributed by atoms with van der Waals surface area (Å²) in [6.45, 7) is 2.66. The van der Waals surface area contributed by atoms with Crippen molar-refractivity contribution in [1.82, 2.24) is 15.6 Å². The standard InChI is InChI=1S/C32H40N4O6S/c1-20(37)36-24-11-9-21-18-27(40-2)31(41-3)32(42-4)30(21)22-10-12-25(26(38)19-23(22)24)33-14-7-5-6-8-28(39)34-15-13-29-35-16-17-43-29/h10,12,16-19,24H,5-9,11,13-15H2,1-4H3,(H,33,38)(H,34,39)(H,36,37)/t24-/m1/s1. The molecule has 0 fully saturated rings. The van der Waals surface area contributed by atoms with Gasteiger partial charge in [0.2, 0.25) is 23.0 Å². The van der Waals surface area contributed by atoms with E-state index in [4.69, 9.17) is 14.2 Å². The average Bonchev–Trinajstić information content (AvgIpc) is 3.40. The van der Waals surface area contributed by atoms with Gasteiger partial charge in [0.25, 0.3) is 0 Å². The Bertz CT molecular complexity index is 1480. The Labute approximate surface area is 256 Å². The molecular weight excluding hydrogens is 568 g/mol. The first kappa shape index (κ1) is 31.8. The van der Waals surface area contributed by atoms with E-state index in [1.807, 2.05) is 17.5 Å². The predicted octanol–water partition coefficient (Wildman–Crippen LogP) is 4.65. The molecule has 2 aromatic carbocycles. The number of anilines is 1. The number of rotatable bonds is 14. The number of carbonyl (C=O) groups excluding carboxylic acids is 2. The van der Waals surface area contributed by atoms with Crippen LogP contribution in [-0.4, -0.2) is 51.2 Å². The molecule has 1 heterocycles.